The molecular weight excluding hydrogens is 338 g/mol. The third-order valence-electron chi connectivity index (χ3n) is 3.86. The molecule has 6 nitrogen and oxygen atoms in total. The van der Waals surface area contributed by atoms with E-state index >= 15 is 0 Å². The summed E-state index contributed by atoms with van der Waals surface area (Å²) in [6.07, 6.45) is 0. The Labute approximate surface area is 149 Å². The van der Waals surface area contributed by atoms with Gasteiger partial charge in [0.25, 0.3) is 5.56 Å². The molecule has 1 aromatic heterocycles. The van der Waals surface area contributed by atoms with E-state index in [0.717, 1.165) is 10.8 Å². The number of nitrogens with zero attached hydrogens (tertiary/aromatic N) is 2. The summed E-state index contributed by atoms with van der Waals surface area (Å²) < 4.78 is 6.38. The summed E-state index contributed by atoms with van der Waals surface area (Å²) in [5.41, 5.74) is 0.530. The number of hydrogen-bond donors (Lipinski definition) is 1. The first-order valence-electron chi connectivity index (χ1n) is 7.88. The highest BCUT2D eigenvalue weighted by Crippen LogP contribution is 2.22. The minimum absolute atomic E-state index is 0.113. The Hall–Kier alpha value is -2.38. The third kappa shape index (κ3) is 3.83. The van der Waals surface area contributed by atoms with E-state index in [9.17, 15) is 9.59 Å². The highest BCUT2D eigenvalue weighted by Gasteiger charge is 2.11. The maximum atomic E-state index is 12.6. The van der Waals surface area contributed by atoms with Crippen molar-refractivity contribution >= 4 is 39.3 Å². The van der Waals surface area contributed by atoms with Crippen LogP contribution < -0.4 is 10.9 Å². The fraction of sp³-hybridized carbons (Fsp3) is 0.278. The summed E-state index contributed by atoms with van der Waals surface area (Å²) in [4.78, 5) is 29.0. The van der Waals surface area contributed by atoms with Gasteiger partial charge in [-0.1, -0.05) is 36.0 Å². The van der Waals surface area contributed by atoms with Crippen LogP contribution in [0.2, 0.25) is 0 Å². The molecule has 0 radical (unpaired) electrons. The van der Waals surface area contributed by atoms with Crippen molar-refractivity contribution in [1.29, 1.82) is 0 Å². The SMILES string of the molecule is COCCNC(=O)CSc1nc2cc3ccccc3cc2c(=O)n1C. The number of methoxy groups -OCH3 is 1. The first-order chi connectivity index (χ1) is 12.1. The monoisotopic (exact) mass is 357 g/mol. The van der Waals surface area contributed by atoms with Gasteiger partial charge in [0.05, 0.1) is 23.3 Å². The second kappa shape index (κ2) is 7.67. The van der Waals surface area contributed by atoms with Crippen LogP contribution in [0.1, 0.15) is 0 Å². The molecule has 0 saturated heterocycles. The van der Waals surface area contributed by atoms with Gasteiger partial charge in [0.15, 0.2) is 5.16 Å². The molecule has 0 unspecified atom stereocenters. The van der Waals surface area contributed by atoms with Gasteiger partial charge in [-0.15, -0.1) is 0 Å². The molecule has 0 aliphatic carbocycles. The summed E-state index contributed by atoms with van der Waals surface area (Å²) in [5, 5.41) is 5.89. The van der Waals surface area contributed by atoms with Gasteiger partial charge in [-0.25, -0.2) is 4.98 Å². The van der Waals surface area contributed by atoms with Crippen LogP contribution in [-0.2, 0) is 16.6 Å². The molecule has 1 heterocycles. The van der Waals surface area contributed by atoms with Gasteiger partial charge in [0.1, 0.15) is 0 Å². The number of carbonyl (C=O) groups excluding carboxylic acids is 1. The Morgan fingerprint density at radius 2 is 2.00 bits per heavy atom. The number of rotatable bonds is 6. The van der Waals surface area contributed by atoms with Gasteiger partial charge in [-0.2, -0.15) is 0 Å². The first-order valence-corrected chi connectivity index (χ1v) is 8.86. The third-order valence-corrected chi connectivity index (χ3v) is 4.89. The standard InChI is InChI=1S/C18H19N3O3S/c1-21-17(23)14-9-12-5-3-4-6-13(12)10-15(14)20-18(21)25-11-16(22)19-7-8-24-2/h3-6,9-10H,7-8,11H2,1-2H3,(H,19,22). The van der Waals surface area contributed by atoms with Gasteiger partial charge >= 0.3 is 0 Å². The molecule has 1 N–H and O–H groups in total. The van der Waals surface area contributed by atoms with Crippen molar-refractivity contribution < 1.29 is 9.53 Å². The molecule has 0 aliphatic rings. The molecule has 0 spiro atoms. The molecule has 2 aromatic carbocycles. The van der Waals surface area contributed by atoms with Gasteiger partial charge < -0.3 is 10.1 Å². The van der Waals surface area contributed by atoms with E-state index in [4.69, 9.17) is 4.74 Å². The van der Waals surface area contributed by atoms with Crippen molar-refractivity contribution in [3.8, 4) is 0 Å². The van der Waals surface area contributed by atoms with Crippen LogP contribution in [0.15, 0.2) is 46.3 Å². The Bertz CT molecular complexity index is 984. The van der Waals surface area contributed by atoms with E-state index < -0.39 is 0 Å². The van der Waals surface area contributed by atoms with Crippen molar-refractivity contribution in [2.24, 2.45) is 7.05 Å². The maximum Gasteiger partial charge on any atom is 0.261 e. The lowest BCUT2D eigenvalue weighted by Gasteiger charge is -2.10. The molecule has 3 aromatic rings. The zero-order chi connectivity index (χ0) is 17.8. The molecule has 1 amide bonds. The van der Waals surface area contributed by atoms with Crippen LogP contribution in [-0.4, -0.2) is 41.5 Å². The first kappa shape index (κ1) is 17.4. The topological polar surface area (TPSA) is 73.2 Å². The molecule has 0 bridgehead atoms. The largest absolute Gasteiger partial charge is 0.383 e. The number of thioether (sulfide) groups is 1. The smallest absolute Gasteiger partial charge is 0.261 e. The summed E-state index contributed by atoms with van der Waals surface area (Å²) >= 11 is 1.25. The van der Waals surface area contributed by atoms with E-state index in [-0.39, 0.29) is 17.2 Å². The van der Waals surface area contributed by atoms with Crippen molar-refractivity contribution in [2.75, 3.05) is 26.0 Å². The summed E-state index contributed by atoms with van der Waals surface area (Å²) in [6.45, 7) is 0.933. The van der Waals surface area contributed by atoms with E-state index in [1.165, 1.54) is 16.3 Å². The van der Waals surface area contributed by atoms with E-state index in [0.29, 0.717) is 29.2 Å². The number of carbonyl (C=O) groups is 1. The van der Waals surface area contributed by atoms with Crippen molar-refractivity contribution in [1.82, 2.24) is 14.9 Å². The Morgan fingerprint density at radius 1 is 1.28 bits per heavy atom. The predicted octanol–water partition coefficient (Wildman–Crippen LogP) is 1.94. The lowest BCUT2D eigenvalue weighted by Crippen LogP contribution is -2.29. The highest BCUT2D eigenvalue weighted by atomic mass is 32.2. The van der Waals surface area contributed by atoms with Gasteiger partial charge in [-0.3, -0.25) is 14.2 Å². The Balaban J connectivity index is 1.88. The summed E-state index contributed by atoms with van der Waals surface area (Å²) in [5.74, 6) is 0.0817. The van der Waals surface area contributed by atoms with Gasteiger partial charge in [-0.05, 0) is 22.9 Å². The van der Waals surface area contributed by atoms with Crippen LogP contribution in [0, 0.1) is 0 Å². The normalized spacial score (nSPS) is 11.1. The Kier molecular flexibility index (Phi) is 5.35. The minimum Gasteiger partial charge on any atom is -0.383 e. The van der Waals surface area contributed by atoms with Gasteiger partial charge in [0, 0.05) is 20.7 Å². The molecule has 0 atom stereocenters. The van der Waals surface area contributed by atoms with Crippen molar-refractivity contribution in [2.45, 2.75) is 5.16 Å². The summed E-state index contributed by atoms with van der Waals surface area (Å²) in [6, 6.07) is 11.6. The minimum atomic E-state index is -0.116. The summed E-state index contributed by atoms with van der Waals surface area (Å²) in [7, 11) is 3.26. The molecule has 130 valence electrons. The molecule has 0 saturated carbocycles. The quantitative estimate of drug-likeness (QED) is 0.316. The molecular formula is C18H19N3O3S. The second-order valence-electron chi connectivity index (χ2n) is 5.61. The maximum absolute atomic E-state index is 12.6. The lowest BCUT2D eigenvalue weighted by atomic mass is 10.1. The van der Waals surface area contributed by atoms with Crippen molar-refractivity contribution in [3.05, 3.63) is 46.8 Å². The van der Waals surface area contributed by atoms with Crippen LogP contribution in [0.25, 0.3) is 21.7 Å². The lowest BCUT2D eigenvalue weighted by molar-refractivity contribution is -0.118. The molecule has 0 aliphatic heterocycles. The van der Waals surface area contributed by atoms with Crippen LogP contribution >= 0.6 is 11.8 Å². The second-order valence-corrected chi connectivity index (χ2v) is 6.55. The molecule has 0 fully saturated rings. The number of benzene rings is 2. The predicted molar refractivity (Wildman–Crippen MR) is 100 cm³/mol. The number of fused-ring (bicyclic) bond motifs is 2. The number of aromatic nitrogens is 2. The Morgan fingerprint density at radius 3 is 2.72 bits per heavy atom. The fourth-order valence-corrected chi connectivity index (χ4v) is 3.34. The molecule has 7 heteroatoms. The number of hydrogen-bond acceptors (Lipinski definition) is 5. The average molecular weight is 357 g/mol. The van der Waals surface area contributed by atoms with Gasteiger partial charge in [0.2, 0.25) is 5.91 Å². The van der Waals surface area contributed by atoms with Crippen LogP contribution in [0.3, 0.4) is 0 Å². The zero-order valence-electron chi connectivity index (χ0n) is 14.1. The van der Waals surface area contributed by atoms with Crippen LogP contribution in [0.4, 0.5) is 0 Å². The number of nitrogens with one attached hydrogen (secondary N) is 1. The number of ether oxygens (including phenoxy) is 1. The zero-order valence-corrected chi connectivity index (χ0v) is 14.9. The van der Waals surface area contributed by atoms with Crippen LogP contribution in [0.5, 0.6) is 0 Å². The van der Waals surface area contributed by atoms with E-state index in [1.807, 2.05) is 36.4 Å². The number of amides is 1. The fourth-order valence-electron chi connectivity index (χ4n) is 2.54. The average Bonchev–Trinajstić information content (AvgIpc) is 2.62. The van der Waals surface area contributed by atoms with E-state index in [2.05, 4.69) is 10.3 Å². The van der Waals surface area contributed by atoms with Crippen molar-refractivity contribution in [3.63, 3.8) is 0 Å². The van der Waals surface area contributed by atoms with E-state index in [1.54, 1.807) is 14.2 Å². The molecule has 3 rings (SSSR count). The molecule has 25 heavy (non-hydrogen) atoms. The highest BCUT2D eigenvalue weighted by molar-refractivity contribution is 7.99.